The van der Waals surface area contributed by atoms with Crippen molar-refractivity contribution in [3.05, 3.63) is 46.0 Å². The lowest BCUT2D eigenvalue weighted by atomic mass is 9.45. The molecule has 3 saturated carbocycles. The third-order valence-corrected chi connectivity index (χ3v) is 11.6. The quantitative estimate of drug-likeness (QED) is 0.586. The Hall–Kier alpha value is -2.12. The van der Waals surface area contributed by atoms with Gasteiger partial charge in [0.2, 0.25) is 0 Å². The molecule has 7 nitrogen and oxygen atoms in total. The number of carbonyl (C=O) groups excluding carboxylic acids is 1. The number of hydrogen-bond donors (Lipinski definition) is 2. The smallest absolute Gasteiger partial charge is 0.335 e. The van der Waals surface area contributed by atoms with Crippen LogP contribution in [-0.4, -0.2) is 65.8 Å². The molecule has 37 heavy (non-hydrogen) atoms. The molecular weight excluding hydrogens is 466 g/mol. The summed E-state index contributed by atoms with van der Waals surface area (Å²) in [6.07, 6.45) is 12.0. The number of hydrogen-bond acceptors (Lipinski definition) is 5. The molecule has 1 aromatic rings. The van der Waals surface area contributed by atoms with Crippen LogP contribution in [0.5, 0.6) is 0 Å². The van der Waals surface area contributed by atoms with Gasteiger partial charge in [-0.3, -0.25) is 0 Å². The van der Waals surface area contributed by atoms with Gasteiger partial charge in [0, 0.05) is 44.7 Å². The number of nitrogens with one attached hydrogen (secondary N) is 1. The van der Waals surface area contributed by atoms with Crippen molar-refractivity contribution in [1.29, 1.82) is 0 Å². The second-order valence-electron chi connectivity index (χ2n) is 13.0. The highest BCUT2D eigenvalue weighted by Gasteiger charge is 2.66. The highest BCUT2D eigenvalue weighted by atomic mass is 16.4. The molecule has 2 N–H and O–H groups in total. The summed E-state index contributed by atoms with van der Waals surface area (Å²) >= 11 is 0. The molecule has 7 heteroatoms. The Morgan fingerprint density at radius 1 is 1.08 bits per heavy atom. The summed E-state index contributed by atoms with van der Waals surface area (Å²) < 4.78 is 5.23. The van der Waals surface area contributed by atoms with Crippen molar-refractivity contribution in [2.45, 2.75) is 82.8 Å². The van der Waals surface area contributed by atoms with Gasteiger partial charge in [-0.1, -0.05) is 25.5 Å². The van der Waals surface area contributed by atoms with Gasteiger partial charge in [-0.2, -0.15) is 0 Å². The summed E-state index contributed by atoms with van der Waals surface area (Å²) in [5, 5.41) is 15.8. The molecule has 1 saturated heterocycles. The molecule has 2 amide bonds. The lowest BCUT2D eigenvalue weighted by Gasteiger charge is -2.62. The van der Waals surface area contributed by atoms with E-state index in [0.29, 0.717) is 5.92 Å². The van der Waals surface area contributed by atoms with Gasteiger partial charge in [-0.05, 0) is 86.2 Å². The monoisotopic (exact) mass is 509 g/mol. The van der Waals surface area contributed by atoms with Gasteiger partial charge < -0.3 is 24.6 Å². The van der Waals surface area contributed by atoms with Crippen LogP contribution in [-0.2, 0) is 0 Å². The number of amides is 2. The minimum atomic E-state index is -0.697. The molecule has 0 bridgehead atoms. The fourth-order valence-electron chi connectivity index (χ4n) is 9.31. The molecule has 0 aromatic carbocycles. The van der Waals surface area contributed by atoms with Crippen LogP contribution in [0, 0.1) is 22.7 Å². The predicted octanol–water partition coefficient (Wildman–Crippen LogP) is 4.13. The molecule has 4 aliphatic carbocycles. The third kappa shape index (κ3) is 3.75. The second kappa shape index (κ2) is 8.98. The molecule has 1 aromatic heterocycles. The van der Waals surface area contributed by atoms with E-state index in [0.717, 1.165) is 83.1 Å². The lowest BCUT2D eigenvalue weighted by Crippen LogP contribution is -2.60. The van der Waals surface area contributed by atoms with Crippen LogP contribution in [0.15, 0.2) is 39.3 Å². The molecule has 0 radical (unpaired) electrons. The Kier molecular flexibility index (Phi) is 6.11. The molecular formula is C30H43N3O4. The molecule has 0 unspecified atom stereocenters. The van der Waals surface area contributed by atoms with Crippen LogP contribution in [0.2, 0.25) is 0 Å². The average molecular weight is 510 g/mol. The molecule has 6 rings (SSSR count). The van der Waals surface area contributed by atoms with Gasteiger partial charge in [0.1, 0.15) is 0 Å². The fourth-order valence-corrected chi connectivity index (χ4v) is 9.31. The molecule has 202 valence electrons. The molecule has 1 aliphatic heterocycles. The fraction of sp³-hybridized carbons (Fsp3) is 0.733. The second-order valence-corrected chi connectivity index (χ2v) is 13.0. The van der Waals surface area contributed by atoms with Crippen molar-refractivity contribution in [2.75, 3.05) is 33.2 Å². The van der Waals surface area contributed by atoms with E-state index < -0.39 is 5.60 Å². The largest absolute Gasteiger partial charge is 0.431 e. The van der Waals surface area contributed by atoms with Crippen LogP contribution >= 0.6 is 0 Å². The number of urea groups is 1. The van der Waals surface area contributed by atoms with Crippen molar-refractivity contribution >= 4 is 6.03 Å². The van der Waals surface area contributed by atoms with Crippen molar-refractivity contribution in [3.63, 3.8) is 0 Å². The van der Waals surface area contributed by atoms with E-state index in [1.165, 1.54) is 11.6 Å². The first-order valence-electron chi connectivity index (χ1n) is 14.4. The van der Waals surface area contributed by atoms with E-state index in [2.05, 4.69) is 25.2 Å². The number of allylic oxidation sites excluding steroid dienone is 1. The van der Waals surface area contributed by atoms with Crippen LogP contribution in [0.25, 0.3) is 0 Å². The van der Waals surface area contributed by atoms with Gasteiger partial charge in [-0.25, -0.2) is 9.59 Å². The van der Waals surface area contributed by atoms with Crippen molar-refractivity contribution in [3.8, 4) is 0 Å². The maximum absolute atomic E-state index is 13.2. The first-order valence-corrected chi connectivity index (χ1v) is 14.4. The van der Waals surface area contributed by atoms with Gasteiger partial charge in [0.15, 0.2) is 0 Å². The van der Waals surface area contributed by atoms with E-state index in [4.69, 9.17) is 4.42 Å². The number of aliphatic hydroxyl groups is 1. The molecule has 7 atom stereocenters. The number of carbonyl (C=O) groups is 1. The van der Waals surface area contributed by atoms with Crippen LogP contribution < -0.4 is 10.9 Å². The predicted molar refractivity (Wildman–Crippen MR) is 142 cm³/mol. The maximum atomic E-state index is 13.2. The van der Waals surface area contributed by atoms with Gasteiger partial charge >= 0.3 is 11.7 Å². The lowest BCUT2D eigenvalue weighted by molar-refractivity contribution is -0.177. The zero-order valence-electron chi connectivity index (χ0n) is 22.7. The first-order chi connectivity index (χ1) is 17.7. The minimum Gasteiger partial charge on any atom is -0.431 e. The molecule has 0 spiro atoms. The van der Waals surface area contributed by atoms with Crippen molar-refractivity contribution in [2.24, 2.45) is 22.7 Å². The average Bonchev–Trinajstić information content (AvgIpc) is 3.19. The van der Waals surface area contributed by atoms with E-state index >= 15 is 0 Å². The zero-order chi connectivity index (χ0) is 26.0. The third-order valence-electron chi connectivity index (χ3n) is 11.6. The summed E-state index contributed by atoms with van der Waals surface area (Å²) in [6, 6.07) is 3.73. The summed E-state index contributed by atoms with van der Waals surface area (Å²) in [6.45, 7) is 8.02. The number of likely N-dealkylation sites (N-methyl/N-ethyl adjacent to an activating group) is 1. The number of fused-ring (bicyclic) bond motifs is 5. The van der Waals surface area contributed by atoms with Crippen LogP contribution in [0.1, 0.15) is 76.7 Å². The zero-order valence-corrected chi connectivity index (χ0v) is 22.7. The van der Waals surface area contributed by atoms with E-state index in [9.17, 15) is 14.7 Å². The standard InChI is InChI=1S/C30H43N3O4/c1-28-11-8-22(32(3)27(35)33-16-14-31-15-17-33)18-21(28)5-6-25-24(28)9-12-29(2)23(10-13-30(25,29)36)20-4-7-26(34)37-19-20/h4,7,18-19,22-25,31,36H,5-6,8-17H2,1-3H3/t22-,23+,24-,25+,28-,29+,30-/m0/s1. The number of nitrogens with zero attached hydrogens (tertiary/aromatic N) is 2. The Morgan fingerprint density at radius 2 is 1.86 bits per heavy atom. The highest BCUT2D eigenvalue weighted by Crippen LogP contribution is 2.70. The van der Waals surface area contributed by atoms with Crippen LogP contribution in [0.3, 0.4) is 0 Å². The normalized spacial score (nSPS) is 41.3. The summed E-state index contributed by atoms with van der Waals surface area (Å²) in [4.78, 5) is 28.7. The molecule has 4 fully saturated rings. The summed E-state index contributed by atoms with van der Waals surface area (Å²) in [7, 11) is 1.97. The molecule has 2 heterocycles. The summed E-state index contributed by atoms with van der Waals surface area (Å²) in [5.74, 6) is 0.965. The number of piperazine rings is 1. The van der Waals surface area contributed by atoms with Gasteiger partial charge in [0.05, 0.1) is 17.9 Å². The summed E-state index contributed by atoms with van der Waals surface area (Å²) in [5.41, 5.74) is 1.43. The topological polar surface area (TPSA) is 86.0 Å². The number of rotatable bonds is 2. The van der Waals surface area contributed by atoms with E-state index in [1.807, 2.05) is 22.9 Å². The van der Waals surface area contributed by atoms with E-state index in [1.54, 1.807) is 6.26 Å². The Balaban J connectivity index is 1.23. The van der Waals surface area contributed by atoms with Gasteiger partial charge in [0.25, 0.3) is 0 Å². The molecule has 5 aliphatic rings. The Bertz CT molecular complexity index is 1120. The van der Waals surface area contributed by atoms with Gasteiger partial charge in [-0.15, -0.1) is 0 Å². The minimum absolute atomic E-state index is 0.0903. The van der Waals surface area contributed by atoms with Crippen LogP contribution in [0.4, 0.5) is 4.79 Å². The Morgan fingerprint density at radius 3 is 2.59 bits per heavy atom. The van der Waals surface area contributed by atoms with E-state index in [-0.39, 0.29) is 40.4 Å². The van der Waals surface area contributed by atoms with Crippen molar-refractivity contribution < 1.29 is 14.3 Å². The first kappa shape index (κ1) is 25.2. The highest BCUT2D eigenvalue weighted by molar-refractivity contribution is 5.75. The van der Waals surface area contributed by atoms with Crippen molar-refractivity contribution in [1.82, 2.24) is 15.1 Å². The Labute approximate surface area is 220 Å². The SMILES string of the molecule is CN(C(=O)N1CCNCC1)[C@@H]1C=C2CC[C@@H]3[C@H](CC[C@]4(C)[C@@H](c5ccc(=O)oc5)CC[C@]34O)[C@@]2(C)CC1. The maximum Gasteiger partial charge on any atom is 0.335 e.